The molecule has 1 aromatic carbocycles. The van der Waals surface area contributed by atoms with Crippen molar-refractivity contribution in [2.24, 2.45) is 15.7 Å². The van der Waals surface area contributed by atoms with E-state index in [1.165, 1.54) is 11.2 Å². The van der Waals surface area contributed by atoms with E-state index in [-0.39, 0.29) is 5.92 Å². The monoisotopic (exact) mass is 436 g/mol. The third kappa shape index (κ3) is 6.97. The Bertz CT molecular complexity index is 936. The van der Waals surface area contributed by atoms with Crippen LogP contribution in [0.2, 0.25) is 0 Å². The third-order valence-corrected chi connectivity index (χ3v) is 5.14. The second-order valence-corrected chi connectivity index (χ2v) is 7.19. The number of benzene rings is 1. The van der Waals surface area contributed by atoms with Gasteiger partial charge in [0.15, 0.2) is 0 Å². The van der Waals surface area contributed by atoms with Crippen LogP contribution in [0.1, 0.15) is 44.1 Å². The van der Waals surface area contributed by atoms with E-state index in [1.807, 2.05) is 25.1 Å². The maximum absolute atomic E-state index is 9.17. The van der Waals surface area contributed by atoms with Gasteiger partial charge in [0.2, 0.25) is 0 Å². The molecule has 0 aliphatic heterocycles. The summed E-state index contributed by atoms with van der Waals surface area (Å²) in [6.45, 7) is 6.57. The van der Waals surface area contributed by atoms with Crippen molar-refractivity contribution in [3.05, 3.63) is 83.3 Å². The number of nitrogens with zero attached hydrogens (tertiary/aromatic N) is 3. The van der Waals surface area contributed by atoms with Crippen molar-refractivity contribution in [3.8, 4) is 6.07 Å². The van der Waals surface area contributed by atoms with Gasteiger partial charge in [0, 0.05) is 18.0 Å². The molecule has 0 saturated carbocycles. The van der Waals surface area contributed by atoms with Gasteiger partial charge in [-0.3, -0.25) is 4.99 Å². The molecule has 1 aliphatic carbocycles. The molecule has 2 rings (SSSR count). The number of hydrogen-bond donors (Lipinski definition) is 1. The molecule has 31 heavy (non-hydrogen) atoms. The third-order valence-electron chi connectivity index (χ3n) is 5.05. The molecule has 5 nitrogen and oxygen atoms in total. The predicted octanol–water partition coefficient (Wildman–Crippen LogP) is 5.78. The molecule has 0 fully saturated rings. The summed E-state index contributed by atoms with van der Waals surface area (Å²) in [5.41, 5.74) is 11.2. The molecule has 0 spiro atoms. The van der Waals surface area contributed by atoms with Gasteiger partial charge in [-0.2, -0.15) is 5.26 Å². The van der Waals surface area contributed by atoms with Gasteiger partial charge >= 0.3 is 0 Å². The van der Waals surface area contributed by atoms with Crippen LogP contribution < -0.4 is 5.73 Å². The van der Waals surface area contributed by atoms with Gasteiger partial charge in [0.05, 0.1) is 23.6 Å². The number of rotatable bonds is 11. The molecule has 2 N–H and O–H groups in total. The quantitative estimate of drug-likeness (QED) is 0.119. The van der Waals surface area contributed by atoms with E-state index in [0.29, 0.717) is 30.3 Å². The van der Waals surface area contributed by atoms with Crippen LogP contribution >= 0.6 is 11.6 Å². The van der Waals surface area contributed by atoms with Crippen LogP contribution in [0.15, 0.2) is 87.7 Å². The average Bonchev–Trinajstić information content (AvgIpc) is 3.22. The fourth-order valence-corrected chi connectivity index (χ4v) is 3.66. The second-order valence-electron chi connectivity index (χ2n) is 7.00. The molecule has 6 heteroatoms. The number of unbranched alkanes of at least 4 members (excludes halogenated alkanes) is 1. The van der Waals surface area contributed by atoms with E-state index >= 15 is 0 Å². The lowest BCUT2D eigenvalue weighted by molar-refractivity contribution is 0.215. The number of ether oxygens (including phenoxy) is 1. The highest BCUT2D eigenvalue weighted by atomic mass is 35.5. The van der Waals surface area contributed by atoms with E-state index < -0.39 is 0 Å². The Morgan fingerprint density at radius 2 is 2.13 bits per heavy atom. The van der Waals surface area contributed by atoms with E-state index in [4.69, 9.17) is 22.1 Å². The Kier molecular flexibility index (Phi) is 10.3. The fraction of sp³-hybridized carbons (Fsp3) is 0.320. The number of nitrogens with two attached hydrogens (primary N) is 1. The zero-order valence-corrected chi connectivity index (χ0v) is 18.7. The predicted molar refractivity (Wildman–Crippen MR) is 129 cm³/mol. The van der Waals surface area contributed by atoms with Crippen molar-refractivity contribution in [2.75, 3.05) is 13.2 Å². The molecule has 0 heterocycles. The van der Waals surface area contributed by atoms with Crippen LogP contribution in [0.4, 0.5) is 0 Å². The molecule has 1 aromatic rings. The Morgan fingerprint density at radius 3 is 2.77 bits per heavy atom. The molecule has 0 bridgehead atoms. The minimum absolute atomic E-state index is 0.186. The number of hydrogen-bond acceptors (Lipinski definition) is 4. The van der Waals surface area contributed by atoms with Gasteiger partial charge < -0.3 is 10.5 Å². The molecular formula is C25H29ClN4O. The van der Waals surface area contributed by atoms with Gasteiger partial charge in [-0.05, 0) is 50.3 Å². The summed E-state index contributed by atoms with van der Waals surface area (Å²) >= 11 is 5.80. The summed E-state index contributed by atoms with van der Waals surface area (Å²) in [7, 11) is 0. The van der Waals surface area contributed by atoms with E-state index in [1.54, 1.807) is 18.2 Å². The lowest BCUT2D eigenvalue weighted by Crippen LogP contribution is -2.16. The minimum Gasteiger partial charge on any atom is -0.493 e. The van der Waals surface area contributed by atoms with E-state index in [0.717, 1.165) is 37.0 Å². The molecule has 1 aliphatic rings. The van der Waals surface area contributed by atoms with Crippen molar-refractivity contribution in [1.82, 2.24) is 0 Å². The Hall–Kier alpha value is -3.10. The van der Waals surface area contributed by atoms with Crippen LogP contribution in [-0.4, -0.2) is 24.7 Å². The van der Waals surface area contributed by atoms with E-state index in [9.17, 15) is 5.26 Å². The maximum atomic E-state index is 9.17. The summed E-state index contributed by atoms with van der Waals surface area (Å²) in [6.07, 6.45) is 8.40. The minimum atomic E-state index is 0.186. The van der Waals surface area contributed by atoms with Crippen LogP contribution in [-0.2, 0) is 4.74 Å². The van der Waals surface area contributed by atoms with Crippen LogP contribution in [0.25, 0.3) is 0 Å². The van der Waals surface area contributed by atoms with Gasteiger partial charge in [-0.15, -0.1) is 0 Å². The summed E-state index contributed by atoms with van der Waals surface area (Å²) in [5.74, 6) is 1.29. The largest absolute Gasteiger partial charge is 0.493 e. The SMILES string of the molecule is C=C/C=C(C#N)\C(=C/C)OCCCCN=C(N)C1=C(N=CCl)C(c2ccccc2)CC1. The molecule has 1 atom stereocenters. The van der Waals surface area contributed by atoms with Crippen molar-refractivity contribution >= 4 is 23.1 Å². The Labute approximate surface area is 190 Å². The molecule has 1 unspecified atom stereocenters. The van der Waals surface area contributed by atoms with Gasteiger partial charge in [0.25, 0.3) is 0 Å². The summed E-state index contributed by atoms with van der Waals surface area (Å²) in [5, 5.41) is 9.17. The van der Waals surface area contributed by atoms with Crippen molar-refractivity contribution in [1.29, 1.82) is 5.26 Å². The van der Waals surface area contributed by atoms with Crippen molar-refractivity contribution < 1.29 is 4.74 Å². The number of amidine groups is 1. The molecule has 0 saturated heterocycles. The molecular weight excluding hydrogens is 408 g/mol. The Morgan fingerprint density at radius 1 is 1.35 bits per heavy atom. The first-order valence-corrected chi connectivity index (χ1v) is 10.8. The molecule has 0 aromatic heterocycles. The fourth-order valence-electron chi connectivity index (χ4n) is 3.55. The zero-order chi connectivity index (χ0) is 22.5. The second kappa shape index (κ2) is 13.3. The Balaban J connectivity index is 1.93. The van der Waals surface area contributed by atoms with Crippen LogP contribution in [0.3, 0.4) is 0 Å². The molecule has 0 radical (unpaired) electrons. The summed E-state index contributed by atoms with van der Waals surface area (Å²) < 4.78 is 5.72. The lowest BCUT2D eigenvalue weighted by atomic mass is 9.96. The first-order valence-electron chi connectivity index (χ1n) is 10.4. The number of nitriles is 1. The topological polar surface area (TPSA) is 83.8 Å². The maximum Gasteiger partial charge on any atom is 0.132 e. The highest BCUT2D eigenvalue weighted by molar-refractivity contribution is 6.56. The van der Waals surface area contributed by atoms with Gasteiger partial charge in [-0.1, -0.05) is 54.6 Å². The number of halogens is 1. The first-order chi connectivity index (χ1) is 15.2. The normalized spacial score (nSPS) is 17.8. The van der Waals surface area contributed by atoms with Crippen LogP contribution in [0.5, 0.6) is 0 Å². The van der Waals surface area contributed by atoms with E-state index in [2.05, 4.69) is 34.8 Å². The highest BCUT2D eigenvalue weighted by Crippen LogP contribution is 2.40. The average molecular weight is 437 g/mol. The lowest BCUT2D eigenvalue weighted by Gasteiger charge is -2.12. The smallest absolute Gasteiger partial charge is 0.132 e. The van der Waals surface area contributed by atoms with Crippen molar-refractivity contribution in [3.63, 3.8) is 0 Å². The van der Waals surface area contributed by atoms with Gasteiger partial charge in [0.1, 0.15) is 17.7 Å². The molecule has 0 amide bonds. The first kappa shape index (κ1) is 24.2. The number of aliphatic imine (C=N–C) groups is 2. The molecule has 162 valence electrons. The van der Waals surface area contributed by atoms with Crippen LogP contribution in [0, 0.1) is 11.3 Å². The summed E-state index contributed by atoms with van der Waals surface area (Å²) in [6, 6.07) is 12.4. The summed E-state index contributed by atoms with van der Waals surface area (Å²) in [4.78, 5) is 8.96. The zero-order valence-electron chi connectivity index (χ0n) is 17.9. The van der Waals surface area contributed by atoms with Crippen molar-refractivity contribution in [2.45, 2.75) is 38.5 Å². The highest BCUT2D eigenvalue weighted by Gasteiger charge is 2.28. The standard InChI is InChI=1S/C25H29ClN4O/c1-3-10-20(17-27)23(4-2)31-16-9-8-15-29-25(28)22-14-13-21(24(22)30-18-26)19-11-6-5-7-12-19/h3-7,10-12,18,21H,1,8-9,13-16H2,2H3,(H2,28,29)/b20-10-,23-4+,30-18?. The van der Waals surface area contributed by atoms with Gasteiger partial charge in [-0.25, -0.2) is 4.99 Å². The number of allylic oxidation sites excluding steroid dienone is 5.